The first-order valence-electron chi connectivity index (χ1n) is 5.01. The second kappa shape index (κ2) is 3.75. The monoisotopic (exact) mass is 245 g/mol. The van der Waals surface area contributed by atoms with Gasteiger partial charge >= 0.3 is 0 Å². The predicted octanol–water partition coefficient (Wildman–Crippen LogP) is 3.13. The molecule has 0 aliphatic heterocycles. The number of oxazole rings is 1. The molecule has 0 radical (unpaired) electrons. The van der Waals surface area contributed by atoms with Crippen molar-refractivity contribution in [3.05, 3.63) is 41.7 Å². The maximum Gasteiger partial charge on any atom is 0.230 e. The third kappa shape index (κ3) is 1.72. The largest absolute Gasteiger partial charge is 0.436 e. The summed E-state index contributed by atoms with van der Waals surface area (Å²) in [6, 6.07) is 8.90. The number of halogens is 1. The van der Waals surface area contributed by atoms with Crippen LogP contribution in [0.25, 0.3) is 22.6 Å². The Balaban J connectivity index is 2.22. The molecular weight excluding hydrogens is 238 g/mol. The molecule has 0 saturated carbocycles. The first kappa shape index (κ1) is 10.1. The Bertz CT molecular complexity index is 693. The van der Waals surface area contributed by atoms with Crippen LogP contribution < -0.4 is 5.73 Å². The average Bonchev–Trinajstić information content (AvgIpc) is 2.72. The number of nitrogens with zero attached hydrogens (tertiary/aromatic N) is 2. The van der Waals surface area contributed by atoms with Crippen molar-refractivity contribution in [3.63, 3.8) is 0 Å². The Morgan fingerprint density at radius 3 is 2.94 bits per heavy atom. The van der Waals surface area contributed by atoms with E-state index in [1.54, 1.807) is 30.5 Å². The van der Waals surface area contributed by atoms with Crippen LogP contribution in [0.1, 0.15) is 0 Å². The third-order valence-corrected chi connectivity index (χ3v) is 2.70. The van der Waals surface area contributed by atoms with Gasteiger partial charge in [0.05, 0.1) is 5.56 Å². The first-order chi connectivity index (χ1) is 8.24. The minimum absolute atomic E-state index is 0.368. The molecule has 2 aromatic heterocycles. The van der Waals surface area contributed by atoms with E-state index in [2.05, 4.69) is 9.97 Å². The summed E-state index contributed by atoms with van der Waals surface area (Å²) in [5.41, 5.74) is 8.38. The maximum absolute atomic E-state index is 5.98. The van der Waals surface area contributed by atoms with Gasteiger partial charge in [0.25, 0.3) is 0 Å². The lowest BCUT2D eigenvalue weighted by molar-refractivity contribution is 0.619. The van der Waals surface area contributed by atoms with Crippen LogP contribution in [-0.4, -0.2) is 9.97 Å². The summed E-state index contributed by atoms with van der Waals surface area (Å²) in [6.45, 7) is 0. The Kier molecular flexibility index (Phi) is 2.23. The van der Waals surface area contributed by atoms with Gasteiger partial charge in [-0.05, 0) is 30.3 Å². The molecule has 84 valence electrons. The molecule has 2 heterocycles. The fraction of sp³-hybridized carbons (Fsp3) is 0. The Morgan fingerprint density at radius 1 is 1.24 bits per heavy atom. The second-order valence-electron chi connectivity index (χ2n) is 3.59. The molecule has 1 aromatic carbocycles. The number of nitrogens with two attached hydrogens (primary N) is 1. The first-order valence-corrected chi connectivity index (χ1v) is 5.39. The number of hydrogen-bond acceptors (Lipinski definition) is 4. The van der Waals surface area contributed by atoms with Crippen molar-refractivity contribution in [2.75, 3.05) is 5.73 Å². The molecule has 0 unspecified atom stereocenters. The summed E-state index contributed by atoms with van der Waals surface area (Å²) in [6.07, 6.45) is 1.62. The highest BCUT2D eigenvalue weighted by atomic mass is 35.5. The molecule has 0 atom stereocenters. The SMILES string of the molecule is Nc1ccc2oc(-c3cccnc3Cl)nc2c1. The number of anilines is 1. The van der Waals surface area contributed by atoms with E-state index >= 15 is 0 Å². The van der Waals surface area contributed by atoms with E-state index in [-0.39, 0.29) is 0 Å². The van der Waals surface area contributed by atoms with Crippen molar-refractivity contribution in [2.24, 2.45) is 0 Å². The van der Waals surface area contributed by atoms with Crippen molar-refractivity contribution < 1.29 is 4.42 Å². The molecule has 0 aliphatic rings. The summed E-state index contributed by atoms with van der Waals surface area (Å²) in [7, 11) is 0. The van der Waals surface area contributed by atoms with Crippen LogP contribution in [0, 0.1) is 0 Å². The van der Waals surface area contributed by atoms with Crippen LogP contribution in [0.15, 0.2) is 40.9 Å². The predicted molar refractivity (Wildman–Crippen MR) is 66.7 cm³/mol. The van der Waals surface area contributed by atoms with E-state index in [0.29, 0.717) is 33.4 Å². The van der Waals surface area contributed by atoms with Gasteiger partial charge in [0.2, 0.25) is 5.89 Å². The molecular formula is C12H8ClN3O. The highest BCUT2D eigenvalue weighted by molar-refractivity contribution is 6.31. The van der Waals surface area contributed by atoms with E-state index in [1.807, 2.05) is 6.07 Å². The molecule has 3 rings (SSSR count). The molecule has 0 saturated heterocycles. The van der Waals surface area contributed by atoms with Gasteiger partial charge in [0.15, 0.2) is 5.58 Å². The van der Waals surface area contributed by atoms with E-state index in [9.17, 15) is 0 Å². The lowest BCUT2D eigenvalue weighted by Gasteiger charge is -1.95. The number of rotatable bonds is 1. The van der Waals surface area contributed by atoms with Crippen LogP contribution in [0.4, 0.5) is 5.69 Å². The van der Waals surface area contributed by atoms with Gasteiger partial charge in [-0.1, -0.05) is 11.6 Å². The zero-order valence-electron chi connectivity index (χ0n) is 8.72. The summed E-state index contributed by atoms with van der Waals surface area (Å²) in [4.78, 5) is 8.32. The number of hydrogen-bond donors (Lipinski definition) is 1. The van der Waals surface area contributed by atoms with Crippen LogP contribution in [-0.2, 0) is 0 Å². The number of nitrogen functional groups attached to an aromatic ring is 1. The van der Waals surface area contributed by atoms with Crippen molar-refractivity contribution in [3.8, 4) is 11.5 Å². The lowest BCUT2D eigenvalue weighted by atomic mass is 10.3. The van der Waals surface area contributed by atoms with Gasteiger partial charge in [-0.2, -0.15) is 0 Å². The topological polar surface area (TPSA) is 64.9 Å². The van der Waals surface area contributed by atoms with Gasteiger partial charge in [-0.15, -0.1) is 0 Å². The maximum atomic E-state index is 5.98. The molecule has 0 fully saturated rings. The van der Waals surface area contributed by atoms with Gasteiger partial charge in [0, 0.05) is 11.9 Å². The fourth-order valence-electron chi connectivity index (χ4n) is 1.61. The number of fused-ring (bicyclic) bond motifs is 1. The summed E-state index contributed by atoms with van der Waals surface area (Å²) in [5.74, 6) is 0.448. The molecule has 3 aromatic rings. The zero-order valence-corrected chi connectivity index (χ0v) is 9.48. The second-order valence-corrected chi connectivity index (χ2v) is 3.95. The molecule has 0 amide bonds. The fourth-order valence-corrected chi connectivity index (χ4v) is 1.81. The Hall–Kier alpha value is -2.07. The average molecular weight is 246 g/mol. The van der Waals surface area contributed by atoms with Crippen LogP contribution in [0.2, 0.25) is 5.15 Å². The van der Waals surface area contributed by atoms with Crippen molar-refractivity contribution in [1.82, 2.24) is 9.97 Å². The minimum atomic E-state index is 0.368. The zero-order chi connectivity index (χ0) is 11.8. The standard InChI is InChI=1S/C12H8ClN3O/c13-11-8(2-1-5-15-11)12-16-9-6-7(14)3-4-10(9)17-12/h1-6H,14H2. The van der Waals surface area contributed by atoms with E-state index in [4.69, 9.17) is 21.8 Å². The quantitative estimate of drug-likeness (QED) is 0.528. The van der Waals surface area contributed by atoms with Crippen LogP contribution in [0.5, 0.6) is 0 Å². The molecule has 0 bridgehead atoms. The van der Waals surface area contributed by atoms with Gasteiger partial charge < -0.3 is 10.2 Å². The van der Waals surface area contributed by atoms with Crippen molar-refractivity contribution in [1.29, 1.82) is 0 Å². The minimum Gasteiger partial charge on any atom is -0.436 e. The third-order valence-electron chi connectivity index (χ3n) is 2.40. The normalized spacial score (nSPS) is 10.9. The highest BCUT2D eigenvalue weighted by Crippen LogP contribution is 2.28. The van der Waals surface area contributed by atoms with Gasteiger partial charge in [-0.25, -0.2) is 9.97 Å². The van der Waals surface area contributed by atoms with E-state index in [1.165, 1.54) is 0 Å². The highest BCUT2D eigenvalue weighted by Gasteiger charge is 2.11. The van der Waals surface area contributed by atoms with E-state index in [0.717, 1.165) is 0 Å². The molecule has 0 spiro atoms. The summed E-state index contributed by atoms with van der Waals surface area (Å²) in [5, 5.41) is 0.368. The van der Waals surface area contributed by atoms with Crippen molar-refractivity contribution in [2.45, 2.75) is 0 Å². The lowest BCUT2D eigenvalue weighted by Crippen LogP contribution is -1.83. The Morgan fingerprint density at radius 2 is 2.12 bits per heavy atom. The molecule has 17 heavy (non-hydrogen) atoms. The van der Waals surface area contributed by atoms with Crippen LogP contribution >= 0.6 is 11.6 Å². The van der Waals surface area contributed by atoms with Crippen LogP contribution in [0.3, 0.4) is 0 Å². The summed E-state index contributed by atoms with van der Waals surface area (Å²) < 4.78 is 5.60. The number of aromatic nitrogens is 2. The number of benzene rings is 1. The molecule has 4 nitrogen and oxygen atoms in total. The smallest absolute Gasteiger partial charge is 0.230 e. The molecule has 5 heteroatoms. The van der Waals surface area contributed by atoms with Crippen molar-refractivity contribution >= 4 is 28.4 Å². The van der Waals surface area contributed by atoms with E-state index < -0.39 is 0 Å². The molecule has 0 aliphatic carbocycles. The van der Waals surface area contributed by atoms with Gasteiger partial charge in [-0.3, -0.25) is 0 Å². The summed E-state index contributed by atoms with van der Waals surface area (Å²) >= 11 is 5.98. The Labute approximate surface area is 102 Å². The number of pyridine rings is 1. The van der Waals surface area contributed by atoms with Gasteiger partial charge in [0.1, 0.15) is 10.7 Å². The molecule has 2 N–H and O–H groups in total.